The lowest BCUT2D eigenvalue weighted by Crippen LogP contribution is -2.30. The maximum atomic E-state index is 12.1. The Bertz CT molecular complexity index is 915. The van der Waals surface area contributed by atoms with Gasteiger partial charge in [0.1, 0.15) is 17.2 Å². The molecule has 0 saturated heterocycles. The predicted molar refractivity (Wildman–Crippen MR) is 114 cm³/mol. The summed E-state index contributed by atoms with van der Waals surface area (Å²) in [5.74, 6) is 2.28. The van der Waals surface area contributed by atoms with Crippen molar-refractivity contribution in [1.29, 1.82) is 0 Å². The lowest BCUT2D eigenvalue weighted by molar-refractivity contribution is 0.252. The van der Waals surface area contributed by atoms with Crippen LogP contribution in [0, 0.1) is 0 Å². The molecule has 0 heterocycles. The summed E-state index contributed by atoms with van der Waals surface area (Å²) >= 11 is 3.45. The molecule has 3 rings (SSSR count). The summed E-state index contributed by atoms with van der Waals surface area (Å²) in [5.41, 5.74) is 1.72. The molecule has 2 amide bonds. The van der Waals surface area contributed by atoms with Crippen LogP contribution in [0.2, 0.25) is 0 Å². The van der Waals surface area contributed by atoms with E-state index < -0.39 is 0 Å². The van der Waals surface area contributed by atoms with E-state index in [0.29, 0.717) is 24.4 Å². The van der Waals surface area contributed by atoms with Gasteiger partial charge in [-0.3, -0.25) is 0 Å². The molecule has 3 aromatic rings. The zero-order chi connectivity index (χ0) is 19.8. The van der Waals surface area contributed by atoms with Gasteiger partial charge < -0.3 is 20.1 Å². The van der Waals surface area contributed by atoms with Gasteiger partial charge in [0.25, 0.3) is 0 Å². The normalized spacial score (nSPS) is 10.2. The largest absolute Gasteiger partial charge is 0.496 e. The molecule has 0 aliphatic carbocycles. The number of nitrogens with one attached hydrogen (secondary N) is 2. The van der Waals surface area contributed by atoms with Crippen LogP contribution < -0.4 is 20.1 Å². The van der Waals surface area contributed by atoms with Crippen molar-refractivity contribution in [3.8, 4) is 17.2 Å². The fraction of sp³-hybridized carbons (Fsp3) is 0.136. The number of anilines is 1. The van der Waals surface area contributed by atoms with Gasteiger partial charge in [0, 0.05) is 16.7 Å². The Morgan fingerprint density at radius 3 is 2.39 bits per heavy atom. The molecular formula is C22H21BrN2O3. The summed E-state index contributed by atoms with van der Waals surface area (Å²) in [6, 6.07) is 22.3. The van der Waals surface area contributed by atoms with Gasteiger partial charge in [-0.2, -0.15) is 0 Å². The highest BCUT2D eigenvalue weighted by Crippen LogP contribution is 2.24. The van der Waals surface area contributed by atoms with Gasteiger partial charge in [0.2, 0.25) is 0 Å². The van der Waals surface area contributed by atoms with E-state index in [-0.39, 0.29) is 6.03 Å². The first-order valence-electron chi connectivity index (χ1n) is 8.84. The number of amides is 2. The number of hydrogen-bond acceptors (Lipinski definition) is 3. The first-order valence-corrected chi connectivity index (χ1v) is 9.63. The second-order valence-electron chi connectivity index (χ2n) is 6.03. The minimum Gasteiger partial charge on any atom is -0.496 e. The van der Waals surface area contributed by atoms with Crippen LogP contribution in [0.25, 0.3) is 0 Å². The summed E-state index contributed by atoms with van der Waals surface area (Å²) in [6.45, 7) is 0.494. The van der Waals surface area contributed by atoms with Crippen molar-refractivity contribution in [2.75, 3.05) is 19.0 Å². The number of para-hydroxylation sites is 1. The molecular weight excluding hydrogens is 420 g/mol. The maximum Gasteiger partial charge on any atom is 0.319 e. The molecule has 0 fully saturated rings. The Morgan fingerprint density at radius 1 is 0.964 bits per heavy atom. The fourth-order valence-electron chi connectivity index (χ4n) is 2.66. The number of benzene rings is 3. The molecule has 28 heavy (non-hydrogen) atoms. The highest BCUT2D eigenvalue weighted by molar-refractivity contribution is 9.10. The highest BCUT2D eigenvalue weighted by atomic mass is 79.9. The Labute approximate surface area is 172 Å². The van der Waals surface area contributed by atoms with E-state index >= 15 is 0 Å². The molecule has 0 spiro atoms. The molecule has 6 heteroatoms. The summed E-state index contributed by atoms with van der Waals surface area (Å²) < 4.78 is 12.1. The van der Waals surface area contributed by atoms with Crippen LogP contribution >= 0.6 is 15.9 Å². The van der Waals surface area contributed by atoms with Crippen LogP contribution in [0.4, 0.5) is 10.5 Å². The maximum absolute atomic E-state index is 12.1. The average molecular weight is 441 g/mol. The molecule has 0 atom stereocenters. The second kappa shape index (κ2) is 9.80. The zero-order valence-corrected chi connectivity index (χ0v) is 17.0. The van der Waals surface area contributed by atoms with E-state index in [1.807, 2.05) is 60.7 Å². The molecule has 3 aromatic carbocycles. The third kappa shape index (κ3) is 5.76. The number of rotatable bonds is 7. The molecule has 0 bridgehead atoms. The van der Waals surface area contributed by atoms with E-state index in [2.05, 4.69) is 26.6 Å². The standard InChI is InChI=1S/C22H21BrN2O3/c1-27-21-12-7-17(23)15-16(21)13-14-24-22(26)25-18-8-10-20(11-9-18)28-19-5-3-2-4-6-19/h2-12,15H,13-14H2,1H3,(H2,24,25,26). The number of carbonyl (C=O) groups is 1. The minimum absolute atomic E-state index is 0.259. The molecule has 5 nitrogen and oxygen atoms in total. The topological polar surface area (TPSA) is 59.6 Å². The fourth-order valence-corrected chi connectivity index (χ4v) is 3.07. The van der Waals surface area contributed by atoms with Gasteiger partial charge in [-0.15, -0.1) is 0 Å². The number of halogens is 1. The zero-order valence-electron chi connectivity index (χ0n) is 15.4. The number of methoxy groups -OCH3 is 1. The SMILES string of the molecule is COc1ccc(Br)cc1CCNC(=O)Nc1ccc(Oc2ccccc2)cc1. The van der Waals surface area contributed by atoms with Crippen LogP contribution in [0.1, 0.15) is 5.56 Å². The molecule has 144 valence electrons. The van der Waals surface area contributed by atoms with Crippen molar-refractivity contribution >= 4 is 27.6 Å². The Morgan fingerprint density at radius 2 is 1.68 bits per heavy atom. The van der Waals surface area contributed by atoms with Gasteiger partial charge in [0.05, 0.1) is 7.11 Å². The number of carbonyl (C=O) groups excluding carboxylic acids is 1. The van der Waals surface area contributed by atoms with Crippen LogP contribution in [0.15, 0.2) is 77.3 Å². The smallest absolute Gasteiger partial charge is 0.319 e. The lowest BCUT2D eigenvalue weighted by atomic mass is 10.1. The van der Waals surface area contributed by atoms with E-state index in [1.165, 1.54) is 0 Å². The van der Waals surface area contributed by atoms with E-state index in [4.69, 9.17) is 9.47 Å². The number of urea groups is 1. The van der Waals surface area contributed by atoms with Gasteiger partial charge in [-0.1, -0.05) is 34.1 Å². The molecule has 0 saturated carbocycles. The summed E-state index contributed by atoms with van der Waals surface area (Å²) in [5, 5.41) is 5.67. The average Bonchev–Trinajstić information content (AvgIpc) is 2.70. The third-order valence-electron chi connectivity index (χ3n) is 4.01. The predicted octanol–water partition coefficient (Wildman–Crippen LogP) is 5.61. The first-order chi connectivity index (χ1) is 13.6. The highest BCUT2D eigenvalue weighted by Gasteiger charge is 2.06. The van der Waals surface area contributed by atoms with Crippen LogP contribution in [-0.4, -0.2) is 19.7 Å². The number of hydrogen-bond donors (Lipinski definition) is 2. The summed E-state index contributed by atoms with van der Waals surface area (Å²) in [4.78, 5) is 12.1. The van der Waals surface area contributed by atoms with E-state index in [9.17, 15) is 4.79 Å². The van der Waals surface area contributed by atoms with Crippen LogP contribution in [-0.2, 0) is 6.42 Å². The second-order valence-corrected chi connectivity index (χ2v) is 6.94. The molecule has 0 radical (unpaired) electrons. The molecule has 0 aliphatic heterocycles. The molecule has 0 unspecified atom stereocenters. The molecule has 0 aliphatic rings. The van der Waals surface area contributed by atoms with Crippen molar-refractivity contribution in [3.63, 3.8) is 0 Å². The van der Waals surface area contributed by atoms with Gasteiger partial charge in [-0.05, 0) is 66.6 Å². The van der Waals surface area contributed by atoms with Crippen LogP contribution in [0.5, 0.6) is 17.2 Å². The molecule has 2 N–H and O–H groups in total. The van der Waals surface area contributed by atoms with Gasteiger partial charge in [0.15, 0.2) is 0 Å². The van der Waals surface area contributed by atoms with Crippen molar-refractivity contribution in [2.24, 2.45) is 0 Å². The van der Waals surface area contributed by atoms with Crippen molar-refractivity contribution in [1.82, 2.24) is 5.32 Å². The lowest BCUT2D eigenvalue weighted by Gasteiger charge is -2.11. The third-order valence-corrected chi connectivity index (χ3v) is 4.51. The van der Waals surface area contributed by atoms with Crippen molar-refractivity contribution in [3.05, 3.63) is 82.8 Å². The minimum atomic E-state index is -0.259. The number of ether oxygens (including phenoxy) is 2. The van der Waals surface area contributed by atoms with Gasteiger partial charge >= 0.3 is 6.03 Å². The first kappa shape index (κ1) is 19.8. The van der Waals surface area contributed by atoms with Crippen molar-refractivity contribution < 1.29 is 14.3 Å². The Balaban J connectivity index is 1.48. The summed E-state index contributed by atoms with van der Waals surface area (Å²) in [7, 11) is 1.64. The van der Waals surface area contributed by atoms with E-state index in [0.717, 1.165) is 21.5 Å². The monoisotopic (exact) mass is 440 g/mol. The van der Waals surface area contributed by atoms with Crippen molar-refractivity contribution in [2.45, 2.75) is 6.42 Å². The Hall–Kier alpha value is -2.99. The quantitative estimate of drug-likeness (QED) is 0.501. The van der Waals surface area contributed by atoms with Gasteiger partial charge in [-0.25, -0.2) is 4.79 Å². The Kier molecular flexibility index (Phi) is 6.92. The molecule has 0 aromatic heterocycles. The van der Waals surface area contributed by atoms with E-state index in [1.54, 1.807) is 19.2 Å². The summed E-state index contributed by atoms with van der Waals surface area (Å²) in [6.07, 6.45) is 0.667. The van der Waals surface area contributed by atoms with Crippen LogP contribution in [0.3, 0.4) is 0 Å².